The predicted octanol–water partition coefficient (Wildman–Crippen LogP) is 3.20. The molecule has 3 fully saturated rings. The van der Waals surface area contributed by atoms with Crippen LogP contribution in [0.4, 0.5) is 0 Å². The minimum absolute atomic E-state index is 0.0226. The minimum atomic E-state index is 0.0226. The average Bonchev–Trinajstić information content (AvgIpc) is 2.42. The zero-order valence-corrected chi connectivity index (χ0v) is 9.45. The Morgan fingerprint density at radius 3 is 2.06 bits per heavy atom. The Bertz CT molecular complexity index is 405. The van der Waals surface area contributed by atoms with Gasteiger partial charge in [-0.2, -0.15) is 5.26 Å². The van der Waals surface area contributed by atoms with Crippen molar-refractivity contribution in [3.8, 4) is 6.07 Å². The van der Waals surface area contributed by atoms with Gasteiger partial charge in [-0.25, -0.2) is 0 Å². The van der Waals surface area contributed by atoms with E-state index in [-0.39, 0.29) is 5.41 Å². The number of hydrogen-bond acceptors (Lipinski definition) is 2. The summed E-state index contributed by atoms with van der Waals surface area (Å²) >= 11 is 0. The van der Waals surface area contributed by atoms with E-state index in [0.29, 0.717) is 5.41 Å². The van der Waals surface area contributed by atoms with Gasteiger partial charge in [-0.05, 0) is 61.6 Å². The molecule has 16 heavy (non-hydrogen) atoms. The van der Waals surface area contributed by atoms with Gasteiger partial charge in [0.05, 0.1) is 11.5 Å². The van der Waals surface area contributed by atoms with E-state index in [2.05, 4.69) is 23.2 Å². The van der Waals surface area contributed by atoms with Gasteiger partial charge in [-0.15, -0.1) is 0 Å². The van der Waals surface area contributed by atoms with Crippen molar-refractivity contribution in [2.45, 2.75) is 43.9 Å². The zero-order valence-electron chi connectivity index (χ0n) is 9.45. The third-order valence-corrected chi connectivity index (χ3v) is 4.78. The normalized spacial score (nSPS) is 36.9. The Morgan fingerprint density at radius 1 is 1.00 bits per heavy atom. The lowest BCUT2D eigenvalue weighted by atomic mass is 9.52. The summed E-state index contributed by atoms with van der Waals surface area (Å²) in [5, 5.41) is 9.26. The highest BCUT2D eigenvalue weighted by atomic mass is 14.6. The van der Waals surface area contributed by atoms with Crippen molar-refractivity contribution >= 4 is 0 Å². The monoisotopic (exact) mass is 212 g/mol. The van der Waals surface area contributed by atoms with Crippen molar-refractivity contribution in [2.24, 2.45) is 5.41 Å². The second kappa shape index (κ2) is 3.31. The first-order valence-electron chi connectivity index (χ1n) is 6.11. The Kier molecular flexibility index (Phi) is 2.04. The highest BCUT2D eigenvalue weighted by molar-refractivity contribution is 5.27. The van der Waals surface area contributed by atoms with Crippen LogP contribution < -0.4 is 0 Å². The van der Waals surface area contributed by atoms with E-state index in [1.54, 1.807) is 0 Å². The molecule has 1 aromatic heterocycles. The second-order valence-electron chi connectivity index (χ2n) is 5.41. The van der Waals surface area contributed by atoms with Gasteiger partial charge in [0.25, 0.3) is 0 Å². The summed E-state index contributed by atoms with van der Waals surface area (Å²) in [5.74, 6) is 0. The Labute approximate surface area is 96.3 Å². The van der Waals surface area contributed by atoms with Gasteiger partial charge in [0.15, 0.2) is 0 Å². The molecule has 1 heterocycles. The fourth-order valence-corrected chi connectivity index (χ4v) is 3.49. The molecule has 0 saturated heterocycles. The molecule has 2 heteroatoms. The third-order valence-electron chi connectivity index (χ3n) is 4.78. The summed E-state index contributed by atoms with van der Waals surface area (Å²) < 4.78 is 0. The maximum atomic E-state index is 9.26. The molecule has 0 spiro atoms. The molecule has 1 aromatic rings. The first kappa shape index (κ1) is 9.84. The summed E-state index contributed by atoms with van der Waals surface area (Å²) in [6.07, 6.45) is 10.6. The summed E-state index contributed by atoms with van der Waals surface area (Å²) in [6.45, 7) is 0. The lowest BCUT2D eigenvalue weighted by Crippen LogP contribution is -2.43. The van der Waals surface area contributed by atoms with E-state index in [1.165, 1.54) is 24.8 Å². The van der Waals surface area contributed by atoms with E-state index in [4.69, 9.17) is 0 Å². The SMILES string of the molecule is N#CC12CCC(c3ccncc3)(CC1)CC2. The quantitative estimate of drug-likeness (QED) is 0.716. The van der Waals surface area contributed by atoms with Crippen LogP contribution in [0.3, 0.4) is 0 Å². The Morgan fingerprint density at radius 2 is 1.56 bits per heavy atom. The van der Waals surface area contributed by atoms with Crippen molar-refractivity contribution in [1.82, 2.24) is 4.98 Å². The predicted molar refractivity (Wildman–Crippen MR) is 61.7 cm³/mol. The lowest BCUT2D eigenvalue weighted by Gasteiger charge is -2.50. The highest BCUT2D eigenvalue weighted by Gasteiger charge is 2.49. The molecule has 3 saturated carbocycles. The molecule has 0 atom stereocenters. The van der Waals surface area contributed by atoms with Crippen LogP contribution in [0.2, 0.25) is 0 Å². The van der Waals surface area contributed by atoms with Gasteiger partial charge in [0, 0.05) is 12.4 Å². The van der Waals surface area contributed by atoms with Crippen LogP contribution >= 0.6 is 0 Å². The third kappa shape index (κ3) is 1.28. The first-order chi connectivity index (χ1) is 7.79. The molecule has 2 nitrogen and oxygen atoms in total. The smallest absolute Gasteiger partial charge is 0.0689 e. The minimum Gasteiger partial charge on any atom is -0.265 e. The number of fused-ring (bicyclic) bond motifs is 3. The number of nitrogens with zero attached hydrogens (tertiary/aromatic N) is 2. The Hall–Kier alpha value is -1.36. The van der Waals surface area contributed by atoms with Gasteiger partial charge in [-0.1, -0.05) is 0 Å². The van der Waals surface area contributed by atoms with E-state index >= 15 is 0 Å². The molecule has 3 aliphatic carbocycles. The highest BCUT2D eigenvalue weighted by Crippen LogP contribution is 2.57. The number of hydrogen-bond donors (Lipinski definition) is 0. The largest absolute Gasteiger partial charge is 0.265 e. The van der Waals surface area contributed by atoms with Gasteiger partial charge < -0.3 is 0 Å². The molecule has 0 aliphatic heterocycles. The van der Waals surface area contributed by atoms with Crippen LogP contribution in [-0.2, 0) is 5.41 Å². The molecule has 0 radical (unpaired) electrons. The van der Waals surface area contributed by atoms with E-state index in [1.807, 2.05) is 12.4 Å². The fraction of sp³-hybridized carbons (Fsp3) is 0.571. The van der Waals surface area contributed by atoms with Crippen molar-refractivity contribution in [3.63, 3.8) is 0 Å². The summed E-state index contributed by atoms with van der Waals surface area (Å²) in [6, 6.07) is 6.88. The van der Waals surface area contributed by atoms with Crippen LogP contribution in [0.5, 0.6) is 0 Å². The van der Waals surface area contributed by atoms with Gasteiger partial charge >= 0.3 is 0 Å². The van der Waals surface area contributed by atoms with Crippen molar-refractivity contribution < 1.29 is 0 Å². The lowest BCUT2D eigenvalue weighted by molar-refractivity contribution is 0.0848. The number of rotatable bonds is 1. The van der Waals surface area contributed by atoms with E-state index in [9.17, 15) is 5.26 Å². The molecule has 2 bridgehead atoms. The van der Waals surface area contributed by atoms with Gasteiger partial charge in [0.1, 0.15) is 0 Å². The molecule has 0 unspecified atom stereocenters. The van der Waals surface area contributed by atoms with E-state index < -0.39 is 0 Å². The number of nitriles is 1. The van der Waals surface area contributed by atoms with Crippen LogP contribution in [-0.4, -0.2) is 4.98 Å². The maximum absolute atomic E-state index is 9.26. The summed E-state index contributed by atoms with van der Waals surface area (Å²) in [4.78, 5) is 4.10. The van der Waals surface area contributed by atoms with Crippen LogP contribution in [0.15, 0.2) is 24.5 Å². The molecule has 3 aliphatic rings. The zero-order chi connectivity index (χ0) is 11.1. The maximum Gasteiger partial charge on any atom is 0.0689 e. The standard InChI is InChI=1S/C14H16N2/c15-11-13-3-6-14(7-4-13,8-5-13)12-1-9-16-10-2-12/h1-2,9-10H,3-8H2. The van der Waals surface area contributed by atoms with E-state index in [0.717, 1.165) is 19.3 Å². The molecular formula is C14H16N2. The van der Waals surface area contributed by atoms with Gasteiger partial charge in [0.2, 0.25) is 0 Å². The second-order valence-corrected chi connectivity index (χ2v) is 5.41. The van der Waals surface area contributed by atoms with Gasteiger partial charge in [-0.3, -0.25) is 4.98 Å². The Balaban J connectivity index is 1.92. The summed E-state index contributed by atoms with van der Waals surface area (Å²) in [7, 11) is 0. The molecule has 82 valence electrons. The van der Waals surface area contributed by atoms with Crippen molar-refractivity contribution in [3.05, 3.63) is 30.1 Å². The number of aromatic nitrogens is 1. The summed E-state index contributed by atoms with van der Waals surface area (Å²) in [5.41, 5.74) is 1.82. The van der Waals surface area contributed by atoms with Crippen LogP contribution in [0, 0.1) is 16.7 Å². The molecule has 0 amide bonds. The van der Waals surface area contributed by atoms with Crippen molar-refractivity contribution in [1.29, 1.82) is 5.26 Å². The van der Waals surface area contributed by atoms with Crippen molar-refractivity contribution in [2.75, 3.05) is 0 Å². The fourth-order valence-electron chi connectivity index (χ4n) is 3.49. The topological polar surface area (TPSA) is 36.7 Å². The molecule has 0 N–H and O–H groups in total. The van der Waals surface area contributed by atoms with Crippen LogP contribution in [0.25, 0.3) is 0 Å². The molecule has 4 rings (SSSR count). The molecule has 0 aromatic carbocycles. The first-order valence-corrected chi connectivity index (χ1v) is 6.11. The molecular weight excluding hydrogens is 196 g/mol. The average molecular weight is 212 g/mol. The number of pyridine rings is 1. The van der Waals surface area contributed by atoms with Crippen LogP contribution in [0.1, 0.15) is 44.1 Å².